The third-order valence-corrected chi connectivity index (χ3v) is 6.44. The van der Waals surface area contributed by atoms with Crippen molar-refractivity contribution in [2.75, 3.05) is 0 Å². The summed E-state index contributed by atoms with van der Waals surface area (Å²) in [5, 5.41) is 18.7. The fourth-order valence-electron chi connectivity index (χ4n) is 1.93. The number of nitriles is 2. The quantitative estimate of drug-likeness (QED) is 0.579. The van der Waals surface area contributed by atoms with Gasteiger partial charge < -0.3 is 0 Å². The Bertz CT molecular complexity index is 712. The number of thiocarbonyl (C=S) groups is 2. The minimum absolute atomic E-state index is 0.558. The Morgan fingerprint density at radius 3 is 2.33 bits per heavy atom. The van der Waals surface area contributed by atoms with Gasteiger partial charge in [-0.2, -0.15) is 10.5 Å². The van der Waals surface area contributed by atoms with Crippen molar-refractivity contribution in [2.45, 2.75) is 50.0 Å². The van der Waals surface area contributed by atoms with Gasteiger partial charge in [-0.25, -0.2) is 0 Å². The molecule has 0 saturated heterocycles. The largest absolute Gasteiger partial charge is 0.197 e. The zero-order valence-electron chi connectivity index (χ0n) is 14.3. The molecule has 1 aromatic carbocycles. The zero-order valence-corrected chi connectivity index (χ0v) is 17.5. The lowest BCUT2D eigenvalue weighted by Gasteiger charge is -2.21. The molecule has 0 heterocycles. The van der Waals surface area contributed by atoms with Crippen LogP contribution in [0.5, 0.6) is 0 Å². The molecule has 6 heteroatoms. The van der Waals surface area contributed by atoms with Crippen molar-refractivity contribution >= 4 is 56.4 Å². The van der Waals surface area contributed by atoms with Gasteiger partial charge >= 0.3 is 0 Å². The van der Waals surface area contributed by atoms with Crippen LogP contribution in [0.3, 0.4) is 0 Å². The average molecular weight is 393 g/mol. The molecular weight excluding hydrogens is 372 g/mol. The second-order valence-electron chi connectivity index (χ2n) is 6.06. The molecule has 0 N–H and O–H groups in total. The Morgan fingerprint density at radius 1 is 1.12 bits per heavy atom. The molecule has 0 spiro atoms. The van der Waals surface area contributed by atoms with E-state index in [4.69, 9.17) is 29.7 Å². The molecule has 0 saturated carbocycles. The molecule has 0 aromatic heterocycles. The molecule has 0 fully saturated rings. The van der Waals surface area contributed by atoms with E-state index in [1.807, 2.05) is 52.0 Å². The molecule has 126 valence electrons. The van der Waals surface area contributed by atoms with E-state index in [1.165, 1.54) is 23.5 Å². The van der Waals surface area contributed by atoms with Crippen molar-refractivity contribution in [2.24, 2.45) is 0 Å². The van der Waals surface area contributed by atoms with E-state index in [9.17, 15) is 5.26 Å². The van der Waals surface area contributed by atoms with Crippen LogP contribution in [-0.2, 0) is 6.42 Å². The maximum atomic E-state index is 9.56. The molecule has 2 nitrogen and oxygen atoms in total. The van der Waals surface area contributed by atoms with E-state index in [-0.39, 0.29) is 0 Å². The number of benzene rings is 1. The molecule has 24 heavy (non-hydrogen) atoms. The molecule has 0 amide bonds. The van der Waals surface area contributed by atoms with E-state index in [0.717, 1.165) is 21.7 Å². The first kappa shape index (κ1) is 21.1. The third kappa shape index (κ3) is 6.53. The lowest BCUT2D eigenvalue weighted by Crippen LogP contribution is -2.23. The summed E-state index contributed by atoms with van der Waals surface area (Å²) in [6, 6.07) is 12.5. The Hall–Kier alpha value is -0.920. The predicted molar refractivity (Wildman–Crippen MR) is 114 cm³/mol. The van der Waals surface area contributed by atoms with Crippen molar-refractivity contribution < 1.29 is 0 Å². The van der Waals surface area contributed by atoms with Gasteiger partial charge in [0.15, 0.2) is 0 Å². The highest BCUT2D eigenvalue weighted by Gasteiger charge is 2.27. The lowest BCUT2D eigenvalue weighted by atomic mass is 10.0. The fraction of sp³-hybridized carbons (Fsp3) is 0.444. The summed E-state index contributed by atoms with van der Waals surface area (Å²) in [4.78, 5) is 0. The van der Waals surface area contributed by atoms with Gasteiger partial charge in [-0.05, 0) is 44.4 Å². The summed E-state index contributed by atoms with van der Waals surface area (Å²) >= 11 is 13.6. The van der Waals surface area contributed by atoms with E-state index >= 15 is 0 Å². The number of hydrogen-bond acceptors (Lipinski definition) is 6. The van der Waals surface area contributed by atoms with E-state index in [1.54, 1.807) is 0 Å². The minimum atomic E-state index is -0.591. The molecule has 0 aliphatic rings. The number of nitrogens with zero attached hydrogens (tertiary/aromatic N) is 2. The normalized spacial score (nSPS) is 13.4. The van der Waals surface area contributed by atoms with Gasteiger partial charge in [0, 0.05) is 10.6 Å². The third-order valence-electron chi connectivity index (χ3n) is 3.19. The standard InChI is InChI=1S/C18H20N2S4/c1-5-15(21)23-18(4,12-20)10-13-7-6-8-14(9-13)16(22)24-17(2,3)11-19/h6-9H,5,10H2,1-4H3. The van der Waals surface area contributed by atoms with Crippen molar-refractivity contribution in [1.82, 2.24) is 0 Å². The maximum absolute atomic E-state index is 9.56. The first-order chi connectivity index (χ1) is 11.1. The van der Waals surface area contributed by atoms with Crippen LogP contribution >= 0.6 is 48.0 Å². The van der Waals surface area contributed by atoms with Gasteiger partial charge in [-0.1, -0.05) is 73.1 Å². The van der Waals surface area contributed by atoms with Crippen LogP contribution in [0.25, 0.3) is 0 Å². The van der Waals surface area contributed by atoms with Crippen LogP contribution in [0.2, 0.25) is 0 Å². The maximum Gasteiger partial charge on any atom is 0.109 e. The summed E-state index contributed by atoms with van der Waals surface area (Å²) in [7, 11) is 0. The zero-order chi connectivity index (χ0) is 18.4. The molecule has 1 rings (SSSR count). The highest BCUT2D eigenvalue weighted by Crippen LogP contribution is 2.32. The van der Waals surface area contributed by atoms with Gasteiger partial charge in [0.1, 0.15) is 9.49 Å². The summed E-state index contributed by atoms with van der Waals surface area (Å²) < 4.78 is 0.389. The molecule has 0 bridgehead atoms. The second-order valence-corrected chi connectivity index (χ2v) is 10.7. The van der Waals surface area contributed by atoms with Gasteiger partial charge in [-0.3, -0.25) is 0 Å². The Balaban J connectivity index is 2.96. The van der Waals surface area contributed by atoms with Crippen LogP contribution in [0.1, 0.15) is 45.2 Å². The SMILES string of the molecule is CCC(=S)SC(C)(C#N)Cc1cccc(C(=S)SC(C)(C)C#N)c1. The minimum Gasteiger partial charge on any atom is -0.197 e. The van der Waals surface area contributed by atoms with Crippen LogP contribution in [-0.4, -0.2) is 17.9 Å². The van der Waals surface area contributed by atoms with E-state index in [0.29, 0.717) is 10.6 Å². The average Bonchev–Trinajstić information content (AvgIpc) is 2.54. The van der Waals surface area contributed by atoms with E-state index in [2.05, 4.69) is 12.1 Å². The molecular formula is C18H20N2S4. The van der Waals surface area contributed by atoms with Crippen LogP contribution in [0, 0.1) is 22.7 Å². The molecule has 0 radical (unpaired) electrons. The lowest BCUT2D eigenvalue weighted by molar-refractivity contribution is 0.801. The molecule has 1 aromatic rings. The number of hydrogen-bond donors (Lipinski definition) is 0. The van der Waals surface area contributed by atoms with Gasteiger partial charge in [0.2, 0.25) is 0 Å². The van der Waals surface area contributed by atoms with Crippen molar-refractivity contribution in [3.63, 3.8) is 0 Å². The van der Waals surface area contributed by atoms with Crippen molar-refractivity contribution in [3.8, 4) is 12.1 Å². The first-order valence-electron chi connectivity index (χ1n) is 7.51. The topological polar surface area (TPSA) is 47.6 Å². The smallest absolute Gasteiger partial charge is 0.109 e. The van der Waals surface area contributed by atoms with Crippen molar-refractivity contribution in [3.05, 3.63) is 35.4 Å². The summed E-state index contributed by atoms with van der Waals surface area (Å²) in [6.07, 6.45) is 1.37. The summed E-state index contributed by atoms with van der Waals surface area (Å²) in [5.41, 5.74) is 1.96. The Labute approximate surface area is 164 Å². The molecule has 0 aliphatic heterocycles. The number of rotatable bonds is 6. The molecule has 0 aliphatic carbocycles. The first-order valence-corrected chi connectivity index (χ1v) is 9.96. The summed E-state index contributed by atoms with van der Waals surface area (Å²) in [5.74, 6) is 0. The van der Waals surface area contributed by atoms with Crippen molar-refractivity contribution in [1.29, 1.82) is 10.5 Å². The van der Waals surface area contributed by atoms with Crippen LogP contribution in [0.4, 0.5) is 0 Å². The van der Waals surface area contributed by atoms with Gasteiger partial charge in [0.25, 0.3) is 0 Å². The highest BCUT2D eigenvalue weighted by molar-refractivity contribution is 8.24. The highest BCUT2D eigenvalue weighted by atomic mass is 32.2. The van der Waals surface area contributed by atoms with E-state index < -0.39 is 9.49 Å². The van der Waals surface area contributed by atoms with Crippen LogP contribution in [0.15, 0.2) is 24.3 Å². The number of thioether (sulfide) groups is 2. The predicted octanol–water partition coefficient (Wildman–Crippen LogP) is 5.69. The Morgan fingerprint density at radius 2 is 1.79 bits per heavy atom. The Kier molecular flexibility index (Phi) is 7.89. The molecule has 1 unspecified atom stereocenters. The second kappa shape index (κ2) is 8.97. The fourth-order valence-corrected chi connectivity index (χ4v) is 4.92. The van der Waals surface area contributed by atoms with Gasteiger partial charge in [0.05, 0.1) is 16.3 Å². The summed E-state index contributed by atoms with van der Waals surface area (Å²) in [6.45, 7) is 7.62. The van der Waals surface area contributed by atoms with Crippen LogP contribution < -0.4 is 0 Å². The molecule has 1 atom stereocenters. The monoisotopic (exact) mass is 392 g/mol. The van der Waals surface area contributed by atoms with Gasteiger partial charge in [-0.15, -0.1) is 0 Å².